The molecule has 0 spiro atoms. The van der Waals surface area contributed by atoms with Crippen molar-refractivity contribution in [2.45, 2.75) is 25.4 Å². The van der Waals surface area contributed by atoms with Gasteiger partial charge in [0.25, 0.3) is 5.91 Å². The van der Waals surface area contributed by atoms with Gasteiger partial charge in [-0.25, -0.2) is 4.79 Å². The minimum atomic E-state index is -1.23. The van der Waals surface area contributed by atoms with Gasteiger partial charge in [0.1, 0.15) is 0 Å². The number of hydrogen-bond donors (Lipinski definition) is 1. The number of ether oxygens (including phenoxy) is 2. The summed E-state index contributed by atoms with van der Waals surface area (Å²) in [6, 6.07) is -1.22. The van der Waals surface area contributed by atoms with Gasteiger partial charge in [-0.1, -0.05) is 0 Å². The highest BCUT2D eigenvalue weighted by atomic mass is 16.5. The van der Waals surface area contributed by atoms with Crippen LogP contribution in [0.3, 0.4) is 0 Å². The number of likely N-dealkylation sites (N-methyl/N-ethyl adjacent to an activating group) is 1. The minimum Gasteiger partial charge on any atom is -0.464 e. The SMILES string of the molecule is CCOC(=O)C(N)C(=O)N(C)C1CCOC1. The molecule has 1 aliphatic heterocycles. The molecule has 0 aromatic carbocycles. The Morgan fingerprint density at radius 1 is 1.62 bits per heavy atom. The number of hydrogen-bond acceptors (Lipinski definition) is 5. The fourth-order valence-electron chi connectivity index (χ4n) is 1.56. The third kappa shape index (κ3) is 2.93. The second-order valence-corrected chi connectivity index (χ2v) is 3.70. The lowest BCUT2D eigenvalue weighted by Crippen LogP contribution is -2.51. The quantitative estimate of drug-likeness (QED) is 0.501. The monoisotopic (exact) mass is 230 g/mol. The molecule has 16 heavy (non-hydrogen) atoms. The number of amides is 1. The molecular formula is C10H18N2O4. The molecule has 0 saturated carbocycles. The molecule has 2 N–H and O–H groups in total. The predicted molar refractivity (Wildman–Crippen MR) is 56.6 cm³/mol. The van der Waals surface area contributed by atoms with Gasteiger partial charge < -0.3 is 20.1 Å². The Labute approximate surface area is 94.7 Å². The molecule has 0 aromatic heterocycles. The Morgan fingerprint density at radius 3 is 2.81 bits per heavy atom. The van der Waals surface area contributed by atoms with Gasteiger partial charge in [0.2, 0.25) is 0 Å². The van der Waals surface area contributed by atoms with Crippen LogP contribution in [-0.2, 0) is 19.1 Å². The van der Waals surface area contributed by atoms with Crippen molar-refractivity contribution in [3.8, 4) is 0 Å². The van der Waals surface area contributed by atoms with E-state index in [0.29, 0.717) is 13.2 Å². The van der Waals surface area contributed by atoms with Crippen molar-refractivity contribution < 1.29 is 19.1 Å². The normalized spacial score (nSPS) is 21.6. The molecule has 1 rings (SSSR count). The maximum atomic E-state index is 11.8. The number of esters is 1. The summed E-state index contributed by atoms with van der Waals surface area (Å²) in [4.78, 5) is 24.5. The number of rotatable bonds is 4. The van der Waals surface area contributed by atoms with Crippen molar-refractivity contribution in [2.24, 2.45) is 5.73 Å². The van der Waals surface area contributed by atoms with Crippen LogP contribution in [0.15, 0.2) is 0 Å². The molecule has 0 radical (unpaired) electrons. The average Bonchev–Trinajstić information content (AvgIpc) is 2.79. The van der Waals surface area contributed by atoms with Crippen molar-refractivity contribution in [2.75, 3.05) is 26.9 Å². The zero-order chi connectivity index (χ0) is 12.1. The Kier molecular flexibility index (Phi) is 4.70. The predicted octanol–water partition coefficient (Wildman–Crippen LogP) is -0.876. The summed E-state index contributed by atoms with van der Waals surface area (Å²) in [6.07, 6.45) is 0.776. The molecule has 1 saturated heterocycles. The van der Waals surface area contributed by atoms with Crippen LogP contribution in [0.4, 0.5) is 0 Å². The topological polar surface area (TPSA) is 81.9 Å². The van der Waals surface area contributed by atoms with Crippen LogP contribution in [0.25, 0.3) is 0 Å². The van der Waals surface area contributed by atoms with E-state index in [0.717, 1.165) is 6.42 Å². The summed E-state index contributed by atoms with van der Waals surface area (Å²) in [5.74, 6) is -1.10. The fraction of sp³-hybridized carbons (Fsp3) is 0.800. The fourth-order valence-corrected chi connectivity index (χ4v) is 1.56. The summed E-state index contributed by atoms with van der Waals surface area (Å²) in [6.45, 7) is 3.02. The second kappa shape index (κ2) is 5.81. The highest BCUT2D eigenvalue weighted by Crippen LogP contribution is 2.11. The zero-order valence-corrected chi connectivity index (χ0v) is 9.64. The zero-order valence-electron chi connectivity index (χ0n) is 9.64. The van der Waals surface area contributed by atoms with Crippen LogP contribution in [0.1, 0.15) is 13.3 Å². The van der Waals surface area contributed by atoms with Gasteiger partial charge >= 0.3 is 5.97 Å². The van der Waals surface area contributed by atoms with E-state index in [-0.39, 0.29) is 12.6 Å². The summed E-state index contributed by atoms with van der Waals surface area (Å²) in [5.41, 5.74) is 5.51. The van der Waals surface area contributed by atoms with Crippen molar-refractivity contribution in [3.63, 3.8) is 0 Å². The van der Waals surface area contributed by atoms with Crippen molar-refractivity contribution in [3.05, 3.63) is 0 Å². The maximum Gasteiger partial charge on any atom is 0.332 e. The molecule has 1 heterocycles. The van der Waals surface area contributed by atoms with Crippen molar-refractivity contribution in [1.82, 2.24) is 4.90 Å². The first kappa shape index (κ1) is 12.9. The van der Waals surface area contributed by atoms with Crippen LogP contribution in [0.5, 0.6) is 0 Å². The Bertz CT molecular complexity index is 264. The molecule has 6 heteroatoms. The molecule has 1 fully saturated rings. The van der Waals surface area contributed by atoms with Gasteiger partial charge in [0, 0.05) is 13.7 Å². The van der Waals surface area contributed by atoms with Crippen LogP contribution in [0.2, 0.25) is 0 Å². The molecule has 2 unspecified atom stereocenters. The third-order valence-corrected chi connectivity index (χ3v) is 2.61. The first-order valence-electron chi connectivity index (χ1n) is 5.34. The number of nitrogens with zero attached hydrogens (tertiary/aromatic N) is 1. The summed E-state index contributed by atoms with van der Waals surface area (Å²) >= 11 is 0. The molecule has 1 amide bonds. The van der Waals surface area contributed by atoms with Gasteiger partial charge in [0.05, 0.1) is 19.3 Å². The van der Waals surface area contributed by atoms with Crippen LogP contribution >= 0.6 is 0 Å². The van der Waals surface area contributed by atoms with Gasteiger partial charge in [0.15, 0.2) is 6.04 Å². The van der Waals surface area contributed by atoms with E-state index in [1.54, 1.807) is 14.0 Å². The molecular weight excluding hydrogens is 212 g/mol. The second-order valence-electron chi connectivity index (χ2n) is 3.70. The maximum absolute atomic E-state index is 11.8. The standard InChI is InChI=1S/C10H18N2O4/c1-3-16-10(14)8(11)9(13)12(2)7-4-5-15-6-7/h7-8H,3-6,11H2,1-2H3. The highest BCUT2D eigenvalue weighted by molar-refractivity contribution is 6.01. The van der Waals surface area contributed by atoms with E-state index in [9.17, 15) is 9.59 Å². The van der Waals surface area contributed by atoms with Crippen LogP contribution < -0.4 is 5.73 Å². The first-order valence-corrected chi connectivity index (χ1v) is 5.34. The van der Waals surface area contributed by atoms with Crippen LogP contribution in [0, 0.1) is 0 Å². The van der Waals surface area contributed by atoms with Crippen molar-refractivity contribution >= 4 is 11.9 Å². The Hall–Kier alpha value is -1.14. The molecule has 6 nitrogen and oxygen atoms in total. The molecule has 0 aliphatic carbocycles. The summed E-state index contributed by atoms with van der Waals surface area (Å²) < 4.78 is 9.86. The van der Waals surface area contributed by atoms with Gasteiger partial charge in [-0.3, -0.25) is 4.79 Å². The number of carbonyl (C=O) groups excluding carboxylic acids is 2. The average molecular weight is 230 g/mol. The number of carbonyl (C=O) groups is 2. The van der Waals surface area contributed by atoms with Crippen LogP contribution in [-0.4, -0.2) is 55.7 Å². The van der Waals surface area contributed by atoms with Gasteiger partial charge in [-0.2, -0.15) is 0 Å². The molecule has 0 aromatic rings. The van der Waals surface area contributed by atoms with Gasteiger partial charge in [-0.15, -0.1) is 0 Å². The smallest absolute Gasteiger partial charge is 0.332 e. The molecule has 1 aliphatic rings. The molecule has 2 atom stereocenters. The lowest BCUT2D eigenvalue weighted by Gasteiger charge is -2.25. The van der Waals surface area contributed by atoms with E-state index in [2.05, 4.69) is 0 Å². The van der Waals surface area contributed by atoms with E-state index >= 15 is 0 Å². The van der Waals surface area contributed by atoms with E-state index < -0.39 is 17.9 Å². The van der Waals surface area contributed by atoms with E-state index in [1.807, 2.05) is 0 Å². The lowest BCUT2D eigenvalue weighted by molar-refractivity contribution is -0.151. The van der Waals surface area contributed by atoms with E-state index in [4.69, 9.17) is 15.2 Å². The lowest BCUT2D eigenvalue weighted by atomic mass is 10.2. The Balaban J connectivity index is 2.51. The molecule has 0 bridgehead atoms. The van der Waals surface area contributed by atoms with E-state index in [1.165, 1.54) is 4.90 Å². The highest BCUT2D eigenvalue weighted by Gasteiger charge is 2.31. The molecule has 92 valence electrons. The van der Waals surface area contributed by atoms with Crippen molar-refractivity contribution in [1.29, 1.82) is 0 Å². The van der Waals surface area contributed by atoms with Gasteiger partial charge in [-0.05, 0) is 13.3 Å². The summed E-state index contributed by atoms with van der Waals surface area (Å²) in [7, 11) is 1.63. The first-order chi connectivity index (χ1) is 7.57. The minimum absolute atomic E-state index is 0.00739. The third-order valence-electron chi connectivity index (χ3n) is 2.61. The Morgan fingerprint density at radius 2 is 2.31 bits per heavy atom. The summed E-state index contributed by atoms with van der Waals surface area (Å²) in [5, 5.41) is 0. The number of nitrogens with two attached hydrogens (primary N) is 1. The largest absolute Gasteiger partial charge is 0.464 e.